The quantitative estimate of drug-likeness (QED) is 0.641. The van der Waals surface area contributed by atoms with Gasteiger partial charge >= 0.3 is 5.97 Å². The molecule has 1 aromatic heterocycles. The highest BCUT2D eigenvalue weighted by Gasteiger charge is 2.55. The predicted molar refractivity (Wildman–Crippen MR) is 113 cm³/mol. The van der Waals surface area contributed by atoms with Crippen molar-refractivity contribution in [3.8, 4) is 17.0 Å². The van der Waals surface area contributed by atoms with Crippen molar-refractivity contribution in [3.05, 3.63) is 48.2 Å². The highest BCUT2D eigenvalue weighted by atomic mass is 16.5. The van der Waals surface area contributed by atoms with Crippen LogP contribution >= 0.6 is 0 Å². The van der Waals surface area contributed by atoms with E-state index in [0.717, 1.165) is 48.3 Å². The lowest BCUT2D eigenvalue weighted by molar-refractivity contribution is -0.365. The Morgan fingerprint density at radius 2 is 1.55 bits per heavy atom. The van der Waals surface area contributed by atoms with Crippen LogP contribution < -0.4 is 9.72 Å². The minimum atomic E-state index is -0.238. The second-order valence-corrected chi connectivity index (χ2v) is 10.8. The number of hydrogen-bond donors (Lipinski definition) is 0. The van der Waals surface area contributed by atoms with Crippen molar-refractivity contribution in [2.75, 3.05) is 0 Å². The van der Waals surface area contributed by atoms with Crippen molar-refractivity contribution in [2.45, 2.75) is 64.7 Å². The molecule has 4 fully saturated rings. The number of aromatic nitrogens is 1. The maximum absolute atomic E-state index is 13.4. The van der Waals surface area contributed by atoms with Gasteiger partial charge in [-0.1, -0.05) is 32.9 Å². The standard InChI is InChI=1S/C26H31NO2/c1-25(2,3)21-8-6-20(7-9-21)23-22(5-4-10-27-23)29-24(28)26-14-17-11-18(15-26)13-19(12-17)16-26/h4-10,17-19H,11-16H2,1-3H3/p+1. The fourth-order valence-corrected chi connectivity index (χ4v) is 6.44. The first-order valence-corrected chi connectivity index (χ1v) is 11.2. The van der Waals surface area contributed by atoms with Crippen molar-refractivity contribution < 1.29 is 14.5 Å². The lowest BCUT2D eigenvalue weighted by atomic mass is 9.49. The van der Waals surface area contributed by atoms with Crippen LogP contribution in [-0.2, 0) is 10.2 Å². The van der Waals surface area contributed by atoms with E-state index in [1.807, 2.05) is 18.3 Å². The Balaban J connectivity index is 1.41. The number of carbonyl (C=O) groups excluding carboxylic acids is 1. The summed E-state index contributed by atoms with van der Waals surface area (Å²) in [6.07, 6.45) is 8.98. The van der Waals surface area contributed by atoms with Crippen LogP contribution in [0.15, 0.2) is 42.6 Å². The molecular formula is C26H32NO2+. The second kappa shape index (κ2) is 6.68. The van der Waals surface area contributed by atoms with E-state index in [2.05, 4.69) is 50.0 Å². The molecule has 0 spiro atoms. The van der Waals surface area contributed by atoms with E-state index in [1.54, 1.807) is 0 Å². The zero-order chi connectivity index (χ0) is 20.2. The highest BCUT2D eigenvalue weighted by Crippen LogP contribution is 2.60. The zero-order valence-electron chi connectivity index (χ0n) is 17.8. The molecule has 152 valence electrons. The topological polar surface area (TPSA) is 40.4 Å². The number of carbonyl (C=O) groups is 1. The lowest BCUT2D eigenvalue weighted by Crippen LogP contribution is -2.51. The van der Waals surface area contributed by atoms with E-state index >= 15 is 0 Å². The van der Waals surface area contributed by atoms with Gasteiger partial charge in [0.1, 0.15) is 0 Å². The van der Waals surface area contributed by atoms with E-state index < -0.39 is 0 Å². The molecule has 0 amide bonds. The first-order valence-electron chi connectivity index (χ1n) is 11.2. The van der Waals surface area contributed by atoms with Crippen LogP contribution in [-0.4, -0.2) is 5.97 Å². The maximum Gasteiger partial charge on any atom is 0.317 e. The molecule has 6 rings (SSSR count). The summed E-state index contributed by atoms with van der Waals surface area (Å²) >= 11 is 0. The molecule has 4 bridgehead atoms. The Morgan fingerprint density at radius 1 is 0.966 bits per heavy atom. The average molecular weight is 391 g/mol. The van der Waals surface area contributed by atoms with Gasteiger partial charge in [-0.05, 0) is 85.5 Å². The smallest absolute Gasteiger partial charge is 0.317 e. The SMILES string of the molecule is CC(C)(C)c1ccc(-c2[nH+]cccc2OC(=O)C23CC4CC(CC(C4)C2)C3)cc1. The molecule has 3 nitrogen and oxygen atoms in total. The fourth-order valence-electron chi connectivity index (χ4n) is 6.44. The van der Waals surface area contributed by atoms with Gasteiger partial charge in [0.25, 0.3) is 5.69 Å². The maximum atomic E-state index is 13.4. The third-order valence-corrected chi connectivity index (χ3v) is 7.53. The Kier molecular flexibility index (Phi) is 4.34. The summed E-state index contributed by atoms with van der Waals surface area (Å²) < 4.78 is 6.11. The van der Waals surface area contributed by atoms with Crippen molar-refractivity contribution in [1.29, 1.82) is 0 Å². The third kappa shape index (κ3) is 3.39. The molecule has 0 atom stereocenters. The van der Waals surface area contributed by atoms with Crippen LogP contribution in [0.25, 0.3) is 11.3 Å². The van der Waals surface area contributed by atoms with E-state index in [-0.39, 0.29) is 16.8 Å². The van der Waals surface area contributed by atoms with Crippen molar-refractivity contribution in [1.82, 2.24) is 0 Å². The molecule has 29 heavy (non-hydrogen) atoms. The minimum Gasteiger partial charge on any atom is -0.419 e. The van der Waals surface area contributed by atoms with Gasteiger partial charge in [0, 0.05) is 6.07 Å². The van der Waals surface area contributed by atoms with E-state index in [0.29, 0.717) is 5.75 Å². The van der Waals surface area contributed by atoms with Crippen LogP contribution in [0, 0.1) is 23.2 Å². The number of esters is 1. The van der Waals surface area contributed by atoms with Crippen molar-refractivity contribution in [3.63, 3.8) is 0 Å². The molecule has 2 aromatic rings. The number of hydrogen-bond acceptors (Lipinski definition) is 2. The summed E-state index contributed by atoms with van der Waals surface area (Å²) in [5, 5.41) is 0. The Hall–Kier alpha value is -2.16. The summed E-state index contributed by atoms with van der Waals surface area (Å²) in [6.45, 7) is 6.65. The number of pyridine rings is 1. The fraction of sp³-hybridized carbons (Fsp3) is 0.538. The Labute approximate surface area is 173 Å². The van der Waals surface area contributed by atoms with Gasteiger partial charge in [-0.25, -0.2) is 4.98 Å². The zero-order valence-corrected chi connectivity index (χ0v) is 17.8. The van der Waals surface area contributed by atoms with Crippen LogP contribution in [0.3, 0.4) is 0 Å². The highest BCUT2D eigenvalue weighted by molar-refractivity contribution is 5.81. The van der Waals surface area contributed by atoms with Crippen LogP contribution in [0.4, 0.5) is 0 Å². The van der Waals surface area contributed by atoms with Crippen LogP contribution in [0.2, 0.25) is 0 Å². The minimum absolute atomic E-state index is 0.00348. The average Bonchev–Trinajstić information content (AvgIpc) is 2.67. The molecule has 4 aliphatic rings. The van der Waals surface area contributed by atoms with Gasteiger partial charge in [0.05, 0.1) is 11.0 Å². The summed E-state index contributed by atoms with van der Waals surface area (Å²) in [5.74, 6) is 2.86. The second-order valence-electron chi connectivity index (χ2n) is 10.8. The summed E-state index contributed by atoms with van der Waals surface area (Å²) in [4.78, 5) is 16.7. The van der Waals surface area contributed by atoms with Gasteiger partial charge in [0.2, 0.25) is 5.75 Å². The first kappa shape index (κ1) is 18.8. The molecule has 4 aliphatic carbocycles. The third-order valence-electron chi connectivity index (χ3n) is 7.53. The molecule has 0 radical (unpaired) electrons. The molecule has 4 saturated carbocycles. The monoisotopic (exact) mass is 390 g/mol. The number of ether oxygens (including phenoxy) is 1. The van der Waals surface area contributed by atoms with Gasteiger partial charge < -0.3 is 4.74 Å². The summed E-state index contributed by atoms with van der Waals surface area (Å²) in [5.41, 5.74) is 3.10. The molecule has 0 unspecified atom stereocenters. The van der Waals surface area contributed by atoms with Gasteiger partial charge in [0.15, 0.2) is 6.20 Å². The lowest BCUT2D eigenvalue weighted by Gasteiger charge is -2.55. The van der Waals surface area contributed by atoms with Gasteiger partial charge in [-0.2, -0.15) is 0 Å². The molecule has 1 heterocycles. The normalized spacial score (nSPS) is 30.4. The van der Waals surface area contributed by atoms with E-state index in [4.69, 9.17) is 4.74 Å². The Morgan fingerprint density at radius 3 is 2.10 bits per heavy atom. The van der Waals surface area contributed by atoms with Crippen molar-refractivity contribution in [2.24, 2.45) is 23.2 Å². The Bertz CT molecular complexity index is 887. The molecule has 0 saturated heterocycles. The number of aromatic amines is 1. The van der Waals surface area contributed by atoms with E-state index in [1.165, 1.54) is 24.8 Å². The predicted octanol–water partition coefficient (Wildman–Crippen LogP) is 5.59. The van der Waals surface area contributed by atoms with Gasteiger partial charge in [-0.15, -0.1) is 0 Å². The molecule has 3 heteroatoms. The number of nitrogens with one attached hydrogen (secondary N) is 1. The number of H-pyrrole nitrogens is 1. The molecular weight excluding hydrogens is 358 g/mol. The molecule has 0 aliphatic heterocycles. The number of benzene rings is 1. The number of rotatable bonds is 3. The molecule has 1 aromatic carbocycles. The summed E-state index contributed by atoms with van der Waals surface area (Å²) in [7, 11) is 0. The van der Waals surface area contributed by atoms with E-state index in [9.17, 15) is 4.79 Å². The summed E-state index contributed by atoms with van der Waals surface area (Å²) in [6, 6.07) is 12.4. The van der Waals surface area contributed by atoms with Crippen molar-refractivity contribution >= 4 is 5.97 Å². The van der Waals surface area contributed by atoms with Gasteiger partial charge in [-0.3, -0.25) is 4.79 Å². The van der Waals surface area contributed by atoms with Crippen LogP contribution in [0.1, 0.15) is 64.9 Å². The molecule has 1 N–H and O–H groups in total. The largest absolute Gasteiger partial charge is 0.419 e. The van der Waals surface area contributed by atoms with Crippen LogP contribution in [0.5, 0.6) is 5.75 Å². The first-order chi connectivity index (χ1) is 13.8.